The summed E-state index contributed by atoms with van der Waals surface area (Å²) in [5, 5.41) is 5.53. The number of hydrogen-bond donors (Lipinski definition) is 1. The fourth-order valence-electron chi connectivity index (χ4n) is 2.65. The van der Waals surface area contributed by atoms with Crippen LogP contribution in [-0.4, -0.2) is 14.8 Å². The first-order valence-electron chi connectivity index (χ1n) is 6.85. The average Bonchev–Trinajstić information content (AvgIpc) is 2.73. The van der Waals surface area contributed by atoms with Gasteiger partial charge in [0, 0.05) is 31.1 Å². The minimum atomic E-state index is -0.116. The van der Waals surface area contributed by atoms with E-state index in [1.165, 1.54) is 0 Å². The maximum absolute atomic E-state index is 6.44. The third-order valence-corrected chi connectivity index (χ3v) is 4.77. The van der Waals surface area contributed by atoms with Gasteiger partial charge in [0.05, 0.1) is 21.4 Å². The van der Waals surface area contributed by atoms with Crippen molar-refractivity contribution >= 4 is 26.8 Å². The van der Waals surface area contributed by atoms with Crippen LogP contribution in [0.15, 0.2) is 41.0 Å². The molecule has 0 spiro atoms. The molecule has 4 nitrogen and oxygen atoms in total. The molecule has 0 saturated carbocycles. The van der Waals surface area contributed by atoms with Gasteiger partial charge in [0.2, 0.25) is 0 Å². The Morgan fingerprint density at radius 1 is 1.29 bits per heavy atom. The van der Waals surface area contributed by atoms with Gasteiger partial charge in [0.15, 0.2) is 0 Å². The zero-order valence-electron chi connectivity index (χ0n) is 12.0. The Hall–Kier alpha value is -1.72. The number of halogens is 1. The van der Waals surface area contributed by atoms with Crippen molar-refractivity contribution < 1.29 is 0 Å². The van der Waals surface area contributed by atoms with Crippen LogP contribution in [0.3, 0.4) is 0 Å². The van der Waals surface area contributed by atoms with E-state index in [2.05, 4.69) is 44.2 Å². The van der Waals surface area contributed by atoms with E-state index in [9.17, 15) is 0 Å². The number of aryl methyl sites for hydroxylation is 2. The lowest BCUT2D eigenvalue weighted by molar-refractivity contribution is 0.640. The monoisotopic (exact) mass is 344 g/mol. The molecule has 0 aliphatic carbocycles. The first kappa shape index (κ1) is 14.2. The van der Waals surface area contributed by atoms with Gasteiger partial charge in [-0.05, 0) is 34.5 Å². The van der Waals surface area contributed by atoms with Crippen molar-refractivity contribution in [1.82, 2.24) is 14.8 Å². The van der Waals surface area contributed by atoms with E-state index in [0.717, 1.165) is 32.3 Å². The number of aromatic nitrogens is 3. The number of para-hydroxylation sites is 1. The summed E-state index contributed by atoms with van der Waals surface area (Å²) in [5.41, 5.74) is 10.6. The predicted molar refractivity (Wildman–Crippen MR) is 88.0 cm³/mol. The zero-order chi connectivity index (χ0) is 15.0. The van der Waals surface area contributed by atoms with E-state index < -0.39 is 0 Å². The Labute approximate surface area is 132 Å². The SMILES string of the molecule is Cc1nn(C)c(CC(N)c2cccc3cccnc23)c1Br. The molecule has 3 rings (SSSR count). The molecule has 1 atom stereocenters. The molecule has 108 valence electrons. The van der Waals surface area contributed by atoms with Gasteiger partial charge in [-0.15, -0.1) is 0 Å². The van der Waals surface area contributed by atoms with E-state index >= 15 is 0 Å². The molecule has 1 aromatic carbocycles. The highest BCUT2D eigenvalue weighted by Gasteiger charge is 2.17. The number of nitrogens with two attached hydrogens (primary N) is 1. The lowest BCUT2D eigenvalue weighted by atomic mass is 9.99. The lowest BCUT2D eigenvalue weighted by Gasteiger charge is -2.14. The topological polar surface area (TPSA) is 56.7 Å². The summed E-state index contributed by atoms with van der Waals surface area (Å²) in [5.74, 6) is 0. The molecule has 0 aliphatic rings. The van der Waals surface area contributed by atoms with Crippen molar-refractivity contribution in [1.29, 1.82) is 0 Å². The first-order valence-corrected chi connectivity index (χ1v) is 7.64. The molecule has 0 saturated heterocycles. The minimum Gasteiger partial charge on any atom is -0.324 e. The van der Waals surface area contributed by atoms with Gasteiger partial charge in [-0.25, -0.2) is 0 Å². The van der Waals surface area contributed by atoms with Crippen molar-refractivity contribution in [3.63, 3.8) is 0 Å². The van der Waals surface area contributed by atoms with Crippen LogP contribution in [0, 0.1) is 6.92 Å². The maximum Gasteiger partial charge on any atom is 0.0749 e. The van der Waals surface area contributed by atoms with Gasteiger partial charge < -0.3 is 5.73 Å². The number of hydrogen-bond acceptors (Lipinski definition) is 3. The van der Waals surface area contributed by atoms with Gasteiger partial charge in [0.25, 0.3) is 0 Å². The molecule has 0 amide bonds. The van der Waals surface area contributed by atoms with Crippen molar-refractivity contribution in [2.45, 2.75) is 19.4 Å². The highest BCUT2D eigenvalue weighted by Crippen LogP contribution is 2.27. The number of benzene rings is 1. The molecule has 2 heterocycles. The number of nitrogens with zero attached hydrogens (tertiary/aromatic N) is 3. The molecule has 3 aromatic rings. The average molecular weight is 345 g/mol. The molecular weight excluding hydrogens is 328 g/mol. The van der Waals surface area contributed by atoms with E-state index in [-0.39, 0.29) is 6.04 Å². The van der Waals surface area contributed by atoms with Gasteiger partial charge in [-0.3, -0.25) is 9.67 Å². The summed E-state index contributed by atoms with van der Waals surface area (Å²) < 4.78 is 2.92. The molecule has 2 aromatic heterocycles. The van der Waals surface area contributed by atoms with Crippen molar-refractivity contribution in [3.05, 3.63) is 58.0 Å². The van der Waals surface area contributed by atoms with Crippen LogP contribution in [0.1, 0.15) is 23.0 Å². The summed E-state index contributed by atoms with van der Waals surface area (Å²) in [6.45, 7) is 1.98. The summed E-state index contributed by atoms with van der Waals surface area (Å²) >= 11 is 3.60. The normalized spacial score (nSPS) is 12.8. The van der Waals surface area contributed by atoms with Crippen LogP contribution < -0.4 is 5.73 Å². The summed E-state index contributed by atoms with van der Waals surface area (Å²) in [7, 11) is 1.95. The highest BCUT2D eigenvalue weighted by molar-refractivity contribution is 9.10. The van der Waals surface area contributed by atoms with Crippen LogP contribution in [-0.2, 0) is 13.5 Å². The molecule has 5 heteroatoms. The van der Waals surface area contributed by atoms with Crippen LogP contribution in [0.4, 0.5) is 0 Å². The zero-order valence-corrected chi connectivity index (χ0v) is 13.6. The molecule has 0 aliphatic heterocycles. The summed E-state index contributed by atoms with van der Waals surface area (Å²) in [6, 6.07) is 10.0. The Kier molecular flexibility index (Phi) is 3.78. The third kappa shape index (κ3) is 2.59. The Bertz CT molecular complexity index is 789. The van der Waals surface area contributed by atoms with Crippen LogP contribution in [0.2, 0.25) is 0 Å². The van der Waals surface area contributed by atoms with E-state index in [1.807, 2.05) is 37.0 Å². The Balaban J connectivity index is 1.99. The lowest BCUT2D eigenvalue weighted by Crippen LogP contribution is -2.16. The predicted octanol–water partition coefficient (Wildman–Crippen LogP) is 3.28. The Morgan fingerprint density at radius 2 is 2.05 bits per heavy atom. The highest BCUT2D eigenvalue weighted by atomic mass is 79.9. The minimum absolute atomic E-state index is 0.116. The second-order valence-electron chi connectivity index (χ2n) is 5.20. The smallest absolute Gasteiger partial charge is 0.0749 e. The third-order valence-electron chi connectivity index (χ3n) is 3.74. The standard InChI is InChI=1S/C16H17BrN4/c1-10-15(17)14(21(2)20-10)9-13(18)12-7-3-5-11-6-4-8-19-16(11)12/h3-8,13H,9,18H2,1-2H3. The first-order chi connectivity index (χ1) is 10.1. The summed E-state index contributed by atoms with van der Waals surface area (Å²) in [4.78, 5) is 4.48. The molecule has 21 heavy (non-hydrogen) atoms. The second kappa shape index (κ2) is 5.58. The fraction of sp³-hybridized carbons (Fsp3) is 0.250. The maximum atomic E-state index is 6.44. The Morgan fingerprint density at radius 3 is 2.76 bits per heavy atom. The van der Waals surface area contributed by atoms with Gasteiger partial charge in [-0.2, -0.15) is 5.10 Å². The fourth-order valence-corrected chi connectivity index (χ4v) is 3.14. The molecule has 0 radical (unpaired) electrons. The van der Waals surface area contributed by atoms with Gasteiger partial charge in [0.1, 0.15) is 0 Å². The van der Waals surface area contributed by atoms with E-state index in [1.54, 1.807) is 0 Å². The summed E-state index contributed by atoms with van der Waals surface area (Å²) in [6.07, 6.45) is 2.52. The van der Waals surface area contributed by atoms with Crippen molar-refractivity contribution in [2.75, 3.05) is 0 Å². The van der Waals surface area contributed by atoms with Crippen LogP contribution in [0.25, 0.3) is 10.9 Å². The molecule has 0 bridgehead atoms. The quantitative estimate of drug-likeness (QED) is 0.793. The van der Waals surface area contributed by atoms with E-state index in [4.69, 9.17) is 5.73 Å². The van der Waals surface area contributed by atoms with Gasteiger partial charge in [-0.1, -0.05) is 24.3 Å². The van der Waals surface area contributed by atoms with Crippen molar-refractivity contribution in [2.24, 2.45) is 12.8 Å². The molecular formula is C16H17BrN4. The number of fused-ring (bicyclic) bond motifs is 1. The van der Waals surface area contributed by atoms with Crippen LogP contribution in [0.5, 0.6) is 0 Å². The molecule has 1 unspecified atom stereocenters. The van der Waals surface area contributed by atoms with Crippen LogP contribution >= 0.6 is 15.9 Å². The number of pyridine rings is 1. The second-order valence-corrected chi connectivity index (χ2v) is 6.00. The molecule has 2 N–H and O–H groups in total. The van der Waals surface area contributed by atoms with E-state index in [0.29, 0.717) is 6.42 Å². The largest absolute Gasteiger partial charge is 0.324 e. The molecule has 0 fully saturated rings. The number of rotatable bonds is 3. The van der Waals surface area contributed by atoms with Gasteiger partial charge >= 0.3 is 0 Å². The van der Waals surface area contributed by atoms with Crippen molar-refractivity contribution in [3.8, 4) is 0 Å².